The third kappa shape index (κ3) is 3.68. The standard InChI is InChI=1S/C18H24N4O3/c23-18(15-12-22-5-2-1-3-17(22)20-15)19-11-16(14-4-8-25-13-14)21-6-9-24-10-7-21/h1-3,5,12,14,16H,4,6-11,13H2,(H,19,23)/t14-,16-/m0/s1. The number of hydrogen-bond acceptors (Lipinski definition) is 5. The first-order valence-electron chi connectivity index (χ1n) is 8.93. The van der Waals surface area contributed by atoms with Crippen molar-refractivity contribution in [3.05, 3.63) is 36.3 Å². The van der Waals surface area contributed by atoms with Gasteiger partial charge in [0.15, 0.2) is 0 Å². The number of pyridine rings is 1. The molecule has 2 saturated heterocycles. The van der Waals surface area contributed by atoms with Crippen molar-refractivity contribution in [1.82, 2.24) is 19.6 Å². The van der Waals surface area contributed by atoms with Gasteiger partial charge in [0, 0.05) is 50.6 Å². The minimum atomic E-state index is -0.124. The smallest absolute Gasteiger partial charge is 0.271 e. The first kappa shape index (κ1) is 16.5. The second-order valence-electron chi connectivity index (χ2n) is 6.64. The van der Waals surface area contributed by atoms with E-state index >= 15 is 0 Å². The summed E-state index contributed by atoms with van der Waals surface area (Å²) in [5.74, 6) is 0.334. The lowest BCUT2D eigenvalue weighted by Crippen LogP contribution is -2.52. The van der Waals surface area contributed by atoms with Crippen LogP contribution < -0.4 is 5.32 Å². The molecule has 7 nitrogen and oxygen atoms in total. The molecule has 25 heavy (non-hydrogen) atoms. The van der Waals surface area contributed by atoms with Crippen LogP contribution in [-0.2, 0) is 9.47 Å². The number of aromatic nitrogens is 2. The Kier molecular flexibility index (Phi) is 4.96. The van der Waals surface area contributed by atoms with Crippen molar-refractivity contribution < 1.29 is 14.3 Å². The van der Waals surface area contributed by atoms with Gasteiger partial charge >= 0.3 is 0 Å². The van der Waals surface area contributed by atoms with Crippen molar-refractivity contribution in [3.8, 4) is 0 Å². The number of carbonyl (C=O) groups is 1. The van der Waals surface area contributed by atoms with Gasteiger partial charge in [0.05, 0.1) is 19.8 Å². The zero-order valence-electron chi connectivity index (χ0n) is 14.3. The SMILES string of the molecule is O=C(NC[C@@H]([C@H]1CCOC1)N1CCOCC1)c1cn2ccccc2n1. The maximum Gasteiger partial charge on any atom is 0.271 e. The van der Waals surface area contributed by atoms with Gasteiger partial charge in [0.1, 0.15) is 11.3 Å². The Balaban J connectivity index is 1.43. The Bertz CT molecular complexity index is 687. The van der Waals surface area contributed by atoms with E-state index in [1.807, 2.05) is 28.8 Å². The van der Waals surface area contributed by atoms with Crippen LogP contribution in [0.3, 0.4) is 0 Å². The summed E-state index contributed by atoms with van der Waals surface area (Å²) in [6, 6.07) is 6.01. The third-order valence-corrected chi connectivity index (χ3v) is 5.09. The molecule has 7 heteroatoms. The van der Waals surface area contributed by atoms with Crippen LogP contribution in [0.1, 0.15) is 16.9 Å². The summed E-state index contributed by atoms with van der Waals surface area (Å²) in [6.45, 7) is 5.52. The number of carbonyl (C=O) groups excluding carboxylic acids is 1. The number of rotatable bonds is 5. The van der Waals surface area contributed by atoms with Gasteiger partial charge < -0.3 is 19.2 Å². The number of imidazole rings is 1. The molecule has 134 valence electrons. The van der Waals surface area contributed by atoms with Crippen molar-refractivity contribution in [2.24, 2.45) is 5.92 Å². The molecule has 2 fully saturated rings. The average Bonchev–Trinajstić information content (AvgIpc) is 3.32. The van der Waals surface area contributed by atoms with Crippen molar-refractivity contribution in [2.75, 3.05) is 46.1 Å². The summed E-state index contributed by atoms with van der Waals surface area (Å²) in [6.07, 6.45) is 4.71. The van der Waals surface area contributed by atoms with Crippen molar-refractivity contribution >= 4 is 11.6 Å². The number of nitrogens with zero attached hydrogens (tertiary/aromatic N) is 3. The zero-order chi connectivity index (χ0) is 17.1. The van der Waals surface area contributed by atoms with Crippen LogP contribution in [-0.4, -0.2) is 72.3 Å². The third-order valence-electron chi connectivity index (χ3n) is 5.09. The van der Waals surface area contributed by atoms with Crippen LogP contribution in [0.2, 0.25) is 0 Å². The van der Waals surface area contributed by atoms with E-state index in [-0.39, 0.29) is 11.9 Å². The van der Waals surface area contributed by atoms with E-state index < -0.39 is 0 Å². The van der Waals surface area contributed by atoms with Gasteiger partial charge in [-0.05, 0) is 18.6 Å². The lowest BCUT2D eigenvalue weighted by molar-refractivity contribution is 0.00165. The van der Waals surface area contributed by atoms with Gasteiger partial charge in [-0.2, -0.15) is 0 Å². The Morgan fingerprint density at radius 1 is 1.28 bits per heavy atom. The molecular weight excluding hydrogens is 320 g/mol. The lowest BCUT2D eigenvalue weighted by atomic mass is 9.97. The number of hydrogen-bond donors (Lipinski definition) is 1. The molecule has 0 aliphatic carbocycles. The van der Waals surface area contributed by atoms with Gasteiger partial charge in [0.2, 0.25) is 0 Å². The van der Waals surface area contributed by atoms with E-state index in [1.54, 1.807) is 6.20 Å². The second kappa shape index (κ2) is 7.51. The largest absolute Gasteiger partial charge is 0.381 e. The van der Waals surface area contributed by atoms with E-state index in [1.165, 1.54) is 0 Å². The Labute approximate surface area is 146 Å². The minimum absolute atomic E-state index is 0.124. The fraction of sp³-hybridized carbons (Fsp3) is 0.556. The summed E-state index contributed by atoms with van der Waals surface area (Å²) in [5, 5.41) is 3.08. The van der Waals surface area contributed by atoms with Gasteiger partial charge in [0.25, 0.3) is 5.91 Å². The predicted octanol–water partition coefficient (Wildman–Crippen LogP) is 0.801. The maximum atomic E-state index is 12.6. The van der Waals surface area contributed by atoms with Crippen molar-refractivity contribution in [3.63, 3.8) is 0 Å². The quantitative estimate of drug-likeness (QED) is 0.869. The van der Waals surface area contributed by atoms with Gasteiger partial charge in [-0.15, -0.1) is 0 Å². The monoisotopic (exact) mass is 344 g/mol. The molecule has 2 aromatic rings. The molecule has 0 saturated carbocycles. The summed E-state index contributed by atoms with van der Waals surface area (Å²) < 4.78 is 12.9. The van der Waals surface area contributed by atoms with Crippen LogP contribution in [0.15, 0.2) is 30.6 Å². The Hall–Kier alpha value is -1.96. The van der Waals surface area contributed by atoms with Crippen LogP contribution in [0.5, 0.6) is 0 Å². The summed E-state index contributed by atoms with van der Waals surface area (Å²) in [4.78, 5) is 19.4. The van der Waals surface area contributed by atoms with Crippen molar-refractivity contribution in [2.45, 2.75) is 12.5 Å². The molecule has 0 aromatic carbocycles. The number of fused-ring (bicyclic) bond motifs is 1. The maximum absolute atomic E-state index is 12.6. The molecule has 1 amide bonds. The normalized spacial score (nSPS) is 23.0. The summed E-state index contributed by atoms with van der Waals surface area (Å²) >= 11 is 0. The number of ether oxygens (including phenoxy) is 2. The molecule has 4 heterocycles. The van der Waals surface area contributed by atoms with Crippen LogP contribution >= 0.6 is 0 Å². The van der Waals surface area contributed by atoms with E-state index in [2.05, 4.69) is 15.2 Å². The number of amides is 1. The minimum Gasteiger partial charge on any atom is -0.381 e. The van der Waals surface area contributed by atoms with Crippen LogP contribution in [0.25, 0.3) is 5.65 Å². The molecule has 1 N–H and O–H groups in total. The first-order chi connectivity index (χ1) is 12.3. The molecule has 2 atom stereocenters. The molecule has 2 aliphatic rings. The summed E-state index contributed by atoms with van der Waals surface area (Å²) in [7, 11) is 0. The molecule has 4 rings (SSSR count). The van der Waals surface area contributed by atoms with Crippen LogP contribution in [0, 0.1) is 5.92 Å². The molecule has 2 aromatic heterocycles. The van der Waals surface area contributed by atoms with Gasteiger partial charge in [-0.1, -0.05) is 6.07 Å². The van der Waals surface area contributed by atoms with E-state index in [0.717, 1.165) is 51.6 Å². The number of nitrogens with one attached hydrogen (secondary N) is 1. The molecular formula is C18H24N4O3. The highest BCUT2D eigenvalue weighted by atomic mass is 16.5. The predicted molar refractivity (Wildman–Crippen MR) is 92.6 cm³/mol. The molecule has 0 unspecified atom stereocenters. The first-order valence-corrected chi connectivity index (χ1v) is 8.93. The topological polar surface area (TPSA) is 68.1 Å². The highest BCUT2D eigenvalue weighted by Gasteiger charge is 2.32. The Morgan fingerprint density at radius 2 is 2.16 bits per heavy atom. The van der Waals surface area contributed by atoms with E-state index in [9.17, 15) is 4.79 Å². The van der Waals surface area contributed by atoms with Gasteiger partial charge in [-0.3, -0.25) is 9.69 Å². The molecule has 0 radical (unpaired) electrons. The Morgan fingerprint density at radius 3 is 2.92 bits per heavy atom. The molecule has 2 aliphatic heterocycles. The van der Waals surface area contributed by atoms with E-state index in [4.69, 9.17) is 9.47 Å². The van der Waals surface area contributed by atoms with E-state index in [0.29, 0.717) is 18.2 Å². The summed E-state index contributed by atoms with van der Waals surface area (Å²) in [5.41, 5.74) is 1.23. The number of morpholine rings is 1. The lowest BCUT2D eigenvalue weighted by Gasteiger charge is -2.37. The van der Waals surface area contributed by atoms with Gasteiger partial charge in [-0.25, -0.2) is 4.98 Å². The second-order valence-corrected chi connectivity index (χ2v) is 6.64. The average molecular weight is 344 g/mol. The highest BCUT2D eigenvalue weighted by molar-refractivity contribution is 5.92. The fourth-order valence-corrected chi connectivity index (χ4v) is 3.69. The highest BCUT2D eigenvalue weighted by Crippen LogP contribution is 2.22. The molecule has 0 spiro atoms. The molecule has 0 bridgehead atoms. The van der Waals surface area contributed by atoms with Crippen molar-refractivity contribution in [1.29, 1.82) is 0 Å². The fourth-order valence-electron chi connectivity index (χ4n) is 3.69. The zero-order valence-corrected chi connectivity index (χ0v) is 14.3. The van der Waals surface area contributed by atoms with Crippen LogP contribution in [0.4, 0.5) is 0 Å².